The number of carbonyl (C=O) groups excluding carboxylic acids is 1. The van der Waals surface area contributed by atoms with Gasteiger partial charge < -0.3 is 4.74 Å². The number of hydrogen-bond acceptors (Lipinski definition) is 2. The van der Waals surface area contributed by atoms with Gasteiger partial charge in [-0.15, -0.1) is 0 Å². The molecule has 4 heteroatoms. The molecule has 0 heterocycles. The summed E-state index contributed by atoms with van der Waals surface area (Å²) in [6.45, 7) is 6.34. The molecule has 1 rings (SSSR count). The number of amides is 1. The van der Waals surface area contributed by atoms with Gasteiger partial charge in [0.1, 0.15) is 0 Å². The number of unbranched alkanes of at least 4 members (excludes halogenated alkanes) is 1. The Morgan fingerprint density at radius 3 is 2.71 bits per heavy atom. The molecule has 0 unspecified atom stereocenters. The second-order valence-corrected chi connectivity index (χ2v) is 4.46. The van der Waals surface area contributed by atoms with Crippen molar-refractivity contribution in [2.24, 2.45) is 0 Å². The van der Waals surface area contributed by atoms with Gasteiger partial charge in [-0.05, 0) is 37.5 Å². The van der Waals surface area contributed by atoms with E-state index in [-0.39, 0.29) is 0 Å². The average Bonchev–Trinajstić information content (AvgIpc) is 2.24. The Morgan fingerprint density at radius 2 is 2.12 bits per heavy atom. The summed E-state index contributed by atoms with van der Waals surface area (Å²) >= 11 is 6.07. The highest BCUT2D eigenvalue weighted by molar-refractivity contribution is 6.33. The Bertz CT molecular complexity index is 381. The fourth-order valence-electron chi connectivity index (χ4n) is 1.52. The second-order valence-electron chi connectivity index (χ2n) is 4.05. The van der Waals surface area contributed by atoms with Crippen LogP contribution in [0.1, 0.15) is 30.9 Å². The summed E-state index contributed by atoms with van der Waals surface area (Å²) in [5.74, 6) is 0. The third kappa shape index (κ3) is 4.27. The van der Waals surface area contributed by atoms with Crippen molar-refractivity contribution in [3.8, 4) is 0 Å². The molecule has 0 saturated heterocycles. The fourth-order valence-corrected chi connectivity index (χ4v) is 1.89. The Hall–Kier alpha value is -1.22. The van der Waals surface area contributed by atoms with Gasteiger partial charge in [0.15, 0.2) is 0 Å². The summed E-state index contributed by atoms with van der Waals surface area (Å²) < 4.78 is 5.02. The molecule has 0 aliphatic heterocycles. The Morgan fingerprint density at radius 1 is 1.41 bits per heavy atom. The molecule has 1 aromatic carbocycles. The molecule has 17 heavy (non-hydrogen) atoms. The van der Waals surface area contributed by atoms with Crippen LogP contribution >= 0.6 is 11.6 Å². The minimum atomic E-state index is -0.452. The molecule has 1 N–H and O–H groups in total. The molecule has 3 nitrogen and oxygen atoms in total. The van der Waals surface area contributed by atoms with Gasteiger partial charge in [-0.2, -0.15) is 0 Å². The van der Waals surface area contributed by atoms with Crippen molar-refractivity contribution in [2.45, 2.75) is 33.6 Å². The lowest BCUT2D eigenvalue weighted by Gasteiger charge is -2.11. The first-order valence-electron chi connectivity index (χ1n) is 5.75. The molecule has 0 radical (unpaired) electrons. The Balaban J connectivity index is 2.65. The van der Waals surface area contributed by atoms with Crippen LogP contribution in [-0.4, -0.2) is 12.7 Å². The number of benzene rings is 1. The van der Waals surface area contributed by atoms with Crippen LogP contribution < -0.4 is 5.32 Å². The number of anilines is 1. The van der Waals surface area contributed by atoms with Crippen LogP contribution in [-0.2, 0) is 4.74 Å². The first-order valence-corrected chi connectivity index (χ1v) is 6.13. The number of rotatable bonds is 4. The van der Waals surface area contributed by atoms with Crippen LogP contribution in [0.3, 0.4) is 0 Å². The summed E-state index contributed by atoms with van der Waals surface area (Å²) in [7, 11) is 0. The molecular formula is C13H18ClNO2. The van der Waals surface area contributed by atoms with Crippen molar-refractivity contribution < 1.29 is 9.53 Å². The van der Waals surface area contributed by atoms with Gasteiger partial charge in [0.25, 0.3) is 0 Å². The molecule has 0 spiro atoms. The zero-order valence-electron chi connectivity index (χ0n) is 10.5. The molecule has 0 aliphatic rings. The van der Waals surface area contributed by atoms with Crippen LogP contribution in [0.15, 0.2) is 12.1 Å². The van der Waals surface area contributed by atoms with Crippen molar-refractivity contribution in [3.63, 3.8) is 0 Å². The van der Waals surface area contributed by atoms with Crippen molar-refractivity contribution in [1.29, 1.82) is 0 Å². The van der Waals surface area contributed by atoms with Crippen molar-refractivity contribution in [3.05, 3.63) is 28.3 Å². The van der Waals surface area contributed by atoms with E-state index >= 15 is 0 Å². The quantitative estimate of drug-likeness (QED) is 0.815. The predicted octanol–water partition coefficient (Wildman–Crippen LogP) is 4.31. The summed E-state index contributed by atoms with van der Waals surface area (Å²) in [6, 6.07) is 3.78. The third-order valence-corrected chi connectivity index (χ3v) is 2.69. The number of ether oxygens (including phenoxy) is 1. The van der Waals surface area contributed by atoms with Crippen LogP contribution in [0, 0.1) is 13.8 Å². The topological polar surface area (TPSA) is 38.3 Å². The zero-order valence-corrected chi connectivity index (χ0v) is 11.2. The monoisotopic (exact) mass is 255 g/mol. The molecule has 94 valence electrons. The minimum Gasteiger partial charge on any atom is -0.449 e. The van der Waals surface area contributed by atoms with Gasteiger partial charge in [-0.25, -0.2) is 4.79 Å². The highest BCUT2D eigenvalue weighted by Crippen LogP contribution is 2.27. The van der Waals surface area contributed by atoms with E-state index in [0.29, 0.717) is 17.3 Å². The number of halogens is 1. The molecule has 0 bridgehead atoms. The van der Waals surface area contributed by atoms with Crippen LogP contribution in [0.4, 0.5) is 10.5 Å². The minimum absolute atomic E-state index is 0.435. The van der Waals surface area contributed by atoms with Crippen LogP contribution in [0.5, 0.6) is 0 Å². The number of hydrogen-bond donors (Lipinski definition) is 1. The summed E-state index contributed by atoms with van der Waals surface area (Å²) in [5, 5.41) is 3.21. The first kappa shape index (κ1) is 13.8. The maximum atomic E-state index is 11.5. The predicted molar refractivity (Wildman–Crippen MR) is 70.8 cm³/mol. The van der Waals surface area contributed by atoms with E-state index in [9.17, 15) is 4.79 Å². The van der Waals surface area contributed by atoms with Crippen molar-refractivity contribution >= 4 is 23.4 Å². The zero-order chi connectivity index (χ0) is 12.8. The molecule has 0 atom stereocenters. The maximum Gasteiger partial charge on any atom is 0.411 e. The van der Waals surface area contributed by atoms with E-state index in [1.54, 1.807) is 0 Å². The molecule has 0 aliphatic carbocycles. The van der Waals surface area contributed by atoms with E-state index in [1.807, 2.05) is 32.9 Å². The van der Waals surface area contributed by atoms with Gasteiger partial charge in [-0.3, -0.25) is 5.32 Å². The Kier molecular flexibility index (Phi) is 5.29. The average molecular weight is 256 g/mol. The third-order valence-electron chi connectivity index (χ3n) is 2.39. The number of aryl methyl sites for hydroxylation is 2. The van der Waals surface area contributed by atoms with E-state index in [0.717, 1.165) is 24.0 Å². The smallest absolute Gasteiger partial charge is 0.411 e. The standard InChI is InChI=1S/C13H18ClNO2/c1-4-5-6-17-13(16)15-12-10(3)7-9(2)8-11(12)14/h7-8H,4-6H2,1-3H3,(H,15,16). The largest absolute Gasteiger partial charge is 0.449 e. The highest BCUT2D eigenvalue weighted by Gasteiger charge is 2.09. The molecule has 1 amide bonds. The molecule has 0 fully saturated rings. The van der Waals surface area contributed by atoms with Crippen molar-refractivity contribution in [1.82, 2.24) is 0 Å². The molecular weight excluding hydrogens is 238 g/mol. The maximum absolute atomic E-state index is 11.5. The highest BCUT2D eigenvalue weighted by atomic mass is 35.5. The van der Waals surface area contributed by atoms with Gasteiger partial charge in [0.05, 0.1) is 17.3 Å². The lowest BCUT2D eigenvalue weighted by atomic mass is 10.1. The lowest BCUT2D eigenvalue weighted by Crippen LogP contribution is -2.15. The van der Waals surface area contributed by atoms with Crippen LogP contribution in [0.25, 0.3) is 0 Å². The van der Waals surface area contributed by atoms with E-state index in [1.165, 1.54) is 0 Å². The van der Waals surface area contributed by atoms with E-state index in [4.69, 9.17) is 16.3 Å². The van der Waals surface area contributed by atoms with Gasteiger partial charge in [-0.1, -0.05) is 31.0 Å². The summed E-state index contributed by atoms with van der Waals surface area (Å²) in [6.07, 6.45) is 1.42. The molecule has 0 saturated carbocycles. The van der Waals surface area contributed by atoms with E-state index in [2.05, 4.69) is 5.32 Å². The van der Waals surface area contributed by atoms with Gasteiger partial charge in [0.2, 0.25) is 0 Å². The second kappa shape index (κ2) is 6.50. The summed E-state index contributed by atoms with van der Waals surface area (Å²) in [4.78, 5) is 11.5. The lowest BCUT2D eigenvalue weighted by molar-refractivity contribution is 0.160. The Labute approximate surface area is 107 Å². The fraction of sp³-hybridized carbons (Fsp3) is 0.462. The van der Waals surface area contributed by atoms with Gasteiger partial charge >= 0.3 is 6.09 Å². The van der Waals surface area contributed by atoms with Gasteiger partial charge in [0, 0.05) is 0 Å². The van der Waals surface area contributed by atoms with Crippen molar-refractivity contribution in [2.75, 3.05) is 11.9 Å². The number of carbonyl (C=O) groups is 1. The number of nitrogens with one attached hydrogen (secondary N) is 1. The molecule has 1 aromatic rings. The summed E-state index contributed by atoms with van der Waals surface area (Å²) in [5.41, 5.74) is 2.62. The SMILES string of the molecule is CCCCOC(=O)Nc1c(C)cc(C)cc1Cl. The normalized spacial score (nSPS) is 10.1. The molecule has 0 aromatic heterocycles. The van der Waals surface area contributed by atoms with E-state index < -0.39 is 6.09 Å². The first-order chi connectivity index (χ1) is 8.04. The van der Waals surface area contributed by atoms with Crippen LogP contribution in [0.2, 0.25) is 5.02 Å².